The Kier molecular flexibility index (Phi) is 5.63. The largest absolute Gasteiger partial charge is 0.378 e. The number of carbonyl (C=O) groups is 1. The van der Waals surface area contributed by atoms with Gasteiger partial charge in [-0.2, -0.15) is 4.98 Å². The monoisotopic (exact) mass is 398 g/mol. The molecule has 3 heterocycles. The van der Waals surface area contributed by atoms with Gasteiger partial charge in [-0.1, -0.05) is 12.1 Å². The van der Waals surface area contributed by atoms with Gasteiger partial charge >= 0.3 is 0 Å². The lowest BCUT2D eigenvalue weighted by Crippen LogP contribution is -2.37. The third kappa shape index (κ3) is 4.37. The number of thiazole rings is 1. The third-order valence-corrected chi connectivity index (χ3v) is 5.39. The summed E-state index contributed by atoms with van der Waals surface area (Å²) in [5, 5.41) is 6.55. The van der Waals surface area contributed by atoms with Gasteiger partial charge in [0.15, 0.2) is 5.01 Å². The van der Waals surface area contributed by atoms with E-state index in [1.807, 2.05) is 37.3 Å². The lowest BCUT2D eigenvalue weighted by atomic mass is 10.3. The highest BCUT2D eigenvalue weighted by Gasteiger charge is 2.14. The Hall–Kier alpha value is -2.78. The summed E-state index contributed by atoms with van der Waals surface area (Å²) in [7, 11) is 0. The van der Waals surface area contributed by atoms with Gasteiger partial charge in [0.1, 0.15) is 5.82 Å². The summed E-state index contributed by atoms with van der Waals surface area (Å²) in [6, 6.07) is 9.71. The van der Waals surface area contributed by atoms with Crippen molar-refractivity contribution in [1.29, 1.82) is 0 Å². The van der Waals surface area contributed by atoms with Crippen LogP contribution in [0.2, 0.25) is 0 Å². The van der Waals surface area contributed by atoms with Crippen molar-refractivity contribution in [2.45, 2.75) is 6.92 Å². The molecule has 146 valence electrons. The highest BCUT2D eigenvalue weighted by Crippen LogP contribution is 2.21. The molecule has 1 saturated heterocycles. The number of hydrogen-bond donors (Lipinski definition) is 2. The molecule has 0 spiro atoms. The normalized spacial score (nSPS) is 14.2. The Morgan fingerprint density at radius 1 is 1.18 bits per heavy atom. The lowest BCUT2D eigenvalue weighted by Gasteiger charge is -2.28. The zero-order valence-electron chi connectivity index (χ0n) is 15.6. The summed E-state index contributed by atoms with van der Waals surface area (Å²) in [5.41, 5.74) is 1.75. The molecule has 1 aliphatic heterocycles. The van der Waals surface area contributed by atoms with E-state index in [-0.39, 0.29) is 5.91 Å². The number of anilines is 2. The number of carbonyl (C=O) groups excluding carboxylic acids is 1. The molecule has 8 nitrogen and oxygen atoms in total. The number of morpholine rings is 1. The predicted octanol–water partition coefficient (Wildman–Crippen LogP) is 2.07. The Morgan fingerprint density at radius 3 is 2.82 bits per heavy atom. The maximum Gasteiger partial charge on any atom is 0.280 e. The van der Waals surface area contributed by atoms with Gasteiger partial charge in [-0.15, -0.1) is 11.3 Å². The van der Waals surface area contributed by atoms with Gasteiger partial charge in [0.25, 0.3) is 5.91 Å². The van der Waals surface area contributed by atoms with Crippen LogP contribution >= 0.6 is 11.3 Å². The molecular formula is C19H22N6O2S. The van der Waals surface area contributed by atoms with Crippen molar-refractivity contribution in [3.05, 3.63) is 41.0 Å². The number of aryl methyl sites for hydroxylation is 1. The SMILES string of the molecule is Cc1cc(N2CCOCC2)nc(NCCNC(=O)c2nc3ccccc3s2)n1. The number of amides is 1. The van der Waals surface area contributed by atoms with E-state index < -0.39 is 0 Å². The molecule has 1 aliphatic rings. The van der Waals surface area contributed by atoms with E-state index in [0.717, 1.165) is 34.8 Å². The van der Waals surface area contributed by atoms with Gasteiger partial charge < -0.3 is 20.3 Å². The molecule has 0 radical (unpaired) electrons. The van der Waals surface area contributed by atoms with Crippen LogP contribution in [0.3, 0.4) is 0 Å². The van der Waals surface area contributed by atoms with Crippen molar-refractivity contribution in [2.75, 3.05) is 49.6 Å². The minimum Gasteiger partial charge on any atom is -0.378 e. The molecule has 28 heavy (non-hydrogen) atoms. The number of hydrogen-bond acceptors (Lipinski definition) is 8. The van der Waals surface area contributed by atoms with Crippen molar-refractivity contribution >= 4 is 39.2 Å². The molecule has 0 saturated carbocycles. The summed E-state index contributed by atoms with van der Waals surface area (Å²) in [4.78, 5) is 27.9. The third-order valence-electron chi connectivity index (χ3n) is 4.36. The number of fused-ring (bicyclic) bond motifs is 1. The molecule has 3 aromatic rings. The van der Waals surface area contributed by atoms with Crippen molar-refractivity contribution in [3.63, 3.8) is 0 Å². The van der Waals surface area contributed by atoms with Crippen LogP contribution in [-0.4, -0.2) is 60.3 Å². The van der Waals surface area contributed by atoms with Crippen LogP contribution in [-0.2, 0) is 4.74 Å². The van der Waals surface area contributed by atoms with E-state index in [9.17, 15) is 4.79 Å². The van der Waals surface area contributed by atoms with Crippen LogP contribution < -0.4 is 15.5 Å². The molecule has 2 aromatic heterocycles. The van der Waals surface area contributed by atoms with Gasteiger partial charge in [-0.25, -0.2) is 9.97 Å². The number of aromatic nitrogens is 3. The molecule has 0 aliphatic carbocycles. The highest BCUT2D eigenvalue weighted by molar-refractivity contribution is 7.20. The van der Waals surface area contributed by atoms with E-state index >= 15 is 0 Å². The number of ether oxygens (including phenoxy) is 1. The average Bonchev–Trinajstić information content (AvgIpc) is 3.16. The molecule has 9 heteroatoms. The van der Waals surface area contributed by atoms with Gasteiger partial charge in [0.2, 0.25) is 5.95 Å². The first-order valence-electron chi connectivity index (χ1n) is 9.25. The minimum atomic E-state index is -0.165. The second-order valence-corrected chi connectivity index (χ2v) is 7.49. The predicted molar refractivity (Wildman–Crippen MR) is 110 cm³/mol. The van der Waals surface area contributed by atoms with Crippen LogP contribution in [0.25, 0.3) is 10.2 Å². The molecule has 0 atom stereocenters. The van der Waals surface area contributed by atoms with Crippen molar-refractivity contribution < 1.29 is 9.53 Å². The fourth-order valence-electron chi connectivity index (χ4n) is 2.98. The molecule has 0 bridgehead atoms. The second-order valence-electron chi connectivity index (χ2n) is 6.46. The maximum absolute atomic E-state index is 12.3. The first kappa shape index (κ1) is 18.6. The molecule has 1 fully saturated rings. The van der Waals surface area contributed by atoms with E-state index in [0.29, 0.717) is 37.3 Å². The molecule has 0 unspecified atom stereocenters. The number of para-hydroxylation sites is 1. The molecule has 1 aromatic carbocycles. The quantitative estimate of drug-likeness (QED) is 0.614. The number of nitrogens with zero attached hydrogens (tertiary/aromatic N) is 4. The van der Waals surface area contributed by atoms with E-state index in [1.54, 1.807) is 0 Å². The molecule has 2 N–H and O–H groups in total. The van der Waals surface area contributed by atoms with Gasteiger partial charge in [0, 0.05) is 37.9 Å². The smallest absolute Gasteiger partial charge is 0.280 e. The fraction of sp³-hybridized carbons (Fsp3) is 0.368. The van der Waals surface area contributed by atoms with E-state index in [4.69, 9.17) is 4.74 Å². The highest BCUT2D eigenvalue weighted by atomic mass is 32.1. The average molecular weight is 398 g/mol. The Morgan fingerprint density at radius 2 is 2.00 bits per heavy atom. The topological polar surface area (TPSA) is 92.3 Å². The van der Waals surface area contributed by atoms with E-state index in [2.05, 4.69) is 30.5 Å². The van der Waals surface area contributed by atoms with Crippen LogP contribution in [0.4, 0.5) is 11.8 Å². The summed E-state index contributed by atoms with van der Waals surface area (Å²) >= 11 is 1.40. The second kappa shape index (κ2) is 8.49. The summed E-state index contributed by atoms with van der Waals surface area (Å²) < 4.78 is 6.40. The number of nitrogens with one attached hydrogen (secondary N) is 2. The van der Waals surface area contributed by atoms with Crippen LogP contribution in [0.15, 0.2) is 30.3 Å². The van der Waals surface area contributed by atoms with Crippen LogP contribution in [0, 0.1) is 6.92 Å². The van der Waals surface area contributed by atoms with Crippen LogP contribution in [0.5, 0.6) is 0 Å². The summed E-state index contributed by atoms with van der Waals surface area (Å²) in [6.07, 6.45) is 0. The van der Waals surface area contributed by atoms with Crippen molar-refractivity contribution in [1.82, 2.24) is 20.3 Å². The van der Waals surface area contributed by atoms with Gasteiger partial charge in [-0.3, -0.25) is 4.79 Å². The van der Waals surface area contributed by atoms with Gasteiger partial charge in [-0.05, 0) is 19.1 Å². The van der Waals surface area contributed by atoms with Crippen molar-refractivity contribution in [2.24, 2.45) is 0 Å². The minimum absolute atomic E-state index is 0.165. The van der Waals surface area contributed by atoms with Crippen molar-refractivity contribution in [3.8, 4) is 0 Å². The van der Waals surface area contributed by atoms with E-state index in [1.165, 1.54) is 11.3 Å². The zero-order valence-corrected chi connectivity index (χ0v) is 16.5. The fourth-order valence-corrected chi connectivity index (χ4v) is 3.86. The molecule has 4 rings (SSSR count). The number of rotatable bonds is 6. The van der Waals surface area contributed by atoms with Crippen LogP contribution in [0.1, 0.15) is 15.5 Å². The summed E-state index contributed by atoms with van der Waals surface area (Å²) in [5.74, 6) is 1.30. The first-order chi connectivity index (χ1) is 13.7. The Bertz CT molecular complexity index is 937. The lowest BCUT2D eigenvalue weighted by molar-refractivity contribution is 0.0955. The maximum atomic E-state index is 12.3. The first-order valence-corrected chi connectivity index (χ1v) is 10.1. The summed E-state index contributed by atoms with van der Waals surface area (Å²) in [6.45, 7) is 6.02. The molecular weight excluding hydrogens is 376 g/mol. The zero-order chi connectivity index (χ0) is 19.3. The van der Waals surface area contributed by atoms with Gasteiger partial charge in [0.05, 0.1) is 23.4 Å². The Labute approximate surface area is 167 Å². The number of benzene rings is 1. The Balaban J connectivity index is 1.31. The molecule has 1 amide bonds. The standard InChI is InChI=1S/C19H22N6O2S/c1-13-12-16(25-8-10-27-11-9-25)24-19(22-13)21-7-6-20-17(26)18-23-14-4-2-3-5-15(14)28-18/h2-5,12H,6-11H2,1H3,(H,20,26)(H,21,22,24).